The molecule has 0 N–H and O–H groups in total. The van der Waals surface area contributed by atoms with E-state index in [0.29, 0.717) is 6.54 Å². The van der Waals surface area contributed by atoms with Gasteiger partial charge in [-0.1, -0.05) is 48.2 Å². The van der Waals surface area contributed by atoms with Gasteiger partial charge in [0.2, 0.25) is 0 Å². The Hall–Kier alpha value is -2.86. The van der Waals surface area contributed by atoms with Crippen LogP contribution in [0.1, 0.15) is 29.1 Å². The number of halogens is 1. The Balaban J connectivity index is 1.70. The van der Waals surface area contributed by atoms with E-state index in [1.165, 1.54) is 12.1 Å². The monoisotopic (exact) mass is 393 g/mol. The van der Waals surface area contributed by atoms with Gasteiger partial charge in [0, 0.05) is 10.8 Å². The summed E-state index contributed by atoms with van der Waals surface area (Å²) in [4.78, 5) is 0. The number of hydrogen-bond acceptors (Lipinski definition) is 4. The van der Waals surface area contributed by atoms with Crippen molar-refractivity contribution in [3.8, 4) is 11.4 Å². The lowest BCUT2D eigenvalue weighted by molar-refractivity contribution is 0.485. The summed E-state index contributed by atoms with van der Waals surface area (Å²) >= 11 is 1.60. The third kappa shape index (κ3) is 3.87. The summed E-state index contributed by atoms with van der Waals surface area (Å²) in [7, 11) is 0. The molecule has 4 nitrogen and oxygen atoms in total. The van der Waals surface area contributed by atoms with E-state index in [0.717, 1.165) is 33.4 Å². The summed E-state index contributed by atoms with van der Waals surface area (Å²) in [5, 5.41) is 9.84. The Labute approximate surface area is 167 Å². The van der Waals surface area contributed by atoms with Gasteiger partial charge in [-0.15, -0.1) is 10.2 Å². The maximum atomic E-state index is 13.2. The standard InChI is InChI=1S/C22H20FN3OS/c1-15-6-3-4-8-20(15)21-24-25-22(26(21)14-19-7-5-13-27-19)28-16(2)17-9-11-18(23)12-10-17/h3-13,16H,14H2,1-2H3. The molecule has 0 amide bonds. The predicted molar refractivity (Wildman–Crippen MR) is 109 cm³/mol. The molecule has 142 valence electrons. The summed E-state index contributed by atoms with van der Waals surface area (Å²) < 4.78 is 20.9. The maximum Gasteiger partial charge on any atom is 0.192 e. The molecule has 0 radical (unpaired) electrons. The summed E-state index contributed by atoms with van der Waals surface area (Å²) in [6, 6.07) is 18.5. The highest BCUT2D eigenvalue weighted by molar-refractivity contribution is 7.99. The molecule has 0 bridgehead atoms. The van der Waals surface area contributed by atoms with Crippen molar-refractivity contribution < 1.29 is 8.81 Å². The van der Waals surface area contributed by atoms with Crippen LogP contribution in [0.4, 0.5) is 4.39 Å². The van der Waals surface area contributed by atoms with Crippen molar-refractivity contribution >= 4 is 11.8 Å². The summed E-state index contributed by atoms with van der Waals surface area (Å²) in [5.41, 5.74) is 3.22. The van der Waals surface area contributed by atoms with Gasteiger partial charge in [-0.25, -0.2) is 4.39 Å². The largest absolute Gasteiger partial charge is 0.467 e. The fourth-order valence-electron chi connectivity index (χ4n) is 3.06. The number of aromatic nitrogens is 3. The molecular weight excluding hydrogens is 373 g/mol. The minimum absolute atomic E-state index is 0.102. The molecule has 0 aliphatic carbocycles. The number of furan rings is 1. The van der Waals surface area contributed by atoms with Crippen LogP contribution in [-0.4, -0.2) is 14.8 Å². The number of nitrogens with zero attached hydrogens (tertiary/aromatic N) is 3. The highest BCUT2D eigenvalue weighted by Crippen LogP contribution is 2.36. The SMILES string of the molecule is Cc1ccccc1-c1nnc(SC(C)c2ccc(F)cc2)n1Cc1ccco1. The molecule has 0 aliphatic rings. The molecule has 0 fully saturated rings. The van der Waals surface area contributed by atoms with Gasteiger partial charge in [0.1, 0.15) is 11.6 Å². The molecule has 0 aliphatic heterocycles. The zero-order valence-electron chi connectivity index (χ0n) is 15.7. The van der Waals surface area contributed by atoms with Crippen LogP contribution in [0.25, 0.3) is 11.4 Å². The zero-order chi connectivity index (χ0) is 19.5. The smallest absolute Gasteiger partial charge is 0.192 e. The predicted octanol–water partition coefficient (Wildman–Crippen LogP) is 5.89. The summed E-state index contributed by atoms with van der Waals surface area (Å²) in [5.74, 6) is 1.41. The molecule has 6 heteroatoms. The summed E-state index contributed by atoms with van der Waals surface area (Å²) in [6.45, 7) is 4.69. The van der Waals surface area contributed by atoms with Crippen LogP contribution in [0.2, 0.25) is 0 Å². The molecule has 28 heavy (non-hydrogen) atoms. The Morgan fingerprint density at radius 1 is 1.04 bits per heavy atom. The van der Waals surface area contributed by atoms with Gasteiger partial charge in [0.25, 0.3) is 0 Å². The average molecular weight is 393 g/mol. The third-order valence-corrected chi connectivity index (χ3v) is 5.76. The van der Waals surface area contributed by atoms with Crippen molar-refractivity contribution in [2.75, 3.05) is 0 Å². The van der Waals surface area contributed by atoms with Crippen LogP contribution >= 0.6 is 11.8 Å². The van der Waals surface area contributed by atoms with E-state index in [-0.39, 0.29) is 11.1 Å². The molecule has 4 rings (SSSR count). The van der Waals surface area contributed by atoms with Crippen LogP contribution < -0.4 is 0 Å². The van der Waals surface area contributed by atoms with E-state index < -0.39 is 0 Å². The first kappa shape index (κ1) is 18.5. The van der Waals surface area contributed by atoms with Crippen molar-refractivity contribution in [3.05, 3.63) is 89.6 Å². The van der Waals surface area contributed by atoms with Crippen molar-refractivity contribution in [3.63, 3.8) is 0 Å². The summed E-state index contributed by atoms with van der Waals surface area (Å²) in [6.07, 6.45) is 1.67. The topological polar surface area (TPSA) is 43.9 Å². The molecule has 2 aromatic carbocycles. The van der Waals surface area contributed by atoms with Crippen molar-refractivity contribution in [1.29, 1.82) is 0 Å². The first-order valence-electron chi connectivity index (χ1n) is 9.05. The fraction of sp³-hybridized carbons (Fsp3) is 0.182. The molecule has 1 atom stereocenters. The highest BCUT2D eigenvalue weighted by Gasteiger charge is 2.19. The van der Waals surface area contributed by atoms with Crippen LogP contribution in [0, 0.1) is 12.7 Å². The van der Waals surface area contributed by atoms with Crippen molar-refractivity contribution in [2.45, 2.75) is 30.8 Å². The average Bonchev–Trinajstić information content (AvgIpc) is 3.34. The van der Waals surface area contributed by atoms with E-state index in [1.54, 1.807) is 18.0 Å². The fourth-order valence-corrected chi connectivity index (χ4v) is 4.04. The Kier molecular flexibility index (Phi) is 5.30. The highest BCUT2D eigenvalue weighted by atomic mass is 32.2. The van der Waals surface area contributed by atoms with E-state index in [9.17, 15) is 4.39 Å². The lowest BCUT2D eigenvalue weighted by Crippen LogP contribution is -2.05. The quantitative estimate of drug-likeness (QED) is 0.383. The van der Waals surface area contributed by atoms with E-state index in [1.807, 2.05) is 36.4 Å². The molecule has 0 saturated heterocycles. The number of aryl methyl sites for hydroxylation is 1. The molecule has 4 aromatic rings. The number of thioether (sulfide) groups is 1. The normalized spacial score (nSPS) is 12.2. The third-order valence-electron chi connectivity index (χ3n) is 4.62. The number of rotatable bonds is 6. The van der Waals surface area contributed by atoms with Crippen molar-refractivity contribution in [2.24, 2.45) is 0 Å². The Morgan fingerprint density at radius 2 is 1.82 bits per heavy atom. The maximum absolute atomic E-state index is 13.2. The number of benzene rings is 2. The van der Waals surface area contributed by atoms with Crippen LogP contribution in [-0.2, 0) is 6.54 Å². The van der Waals surface area contributed by atoms with Gasteiger partial charge in [-0.3, -0.25) is 4.57 Å². The molecule has 1 unspecified atom stereocenters. The first-order valence-corrected chi connectivity index (χ1v) is 9.93. The lowest BCUT2D eigenvalue weighted by atomic mass is 10.1. The van der Waals surface area contributed by atoms with Crippen LogP contribution in [0.3, 0.4) is 0 Å². The van der Waals surface area contributed by atoms with Gasteiger partial charge in [-0.05, 0) is 49.2 Å². The van der Waals surface area contributed by atoms with Gasteiger partial charge in [-0.2, -0.15) is 0 Å². The zero-order valence-corrected chi connectivity index (χ0v) is 16.5. The van der Waals surface area contributed by atoms with Gasteiger partial charge in [0.15, 0.2) is 11.0 Å². The lowest BCUT2D eigenvalue weighted by Gasteiger charge is -2.14. The van der Waals surface area contributed by atoms with E-state index >= 15 is 0 Å². The first-order chi connectivity index (χ1) is 13.6. The molecule has 0 spiro atoms. The second-order valence-corrected chi connectivity index (χ2v) is 7.91. The molecule has 0 saturated carbocycles. The van der Waals surface area contributed by atoms with E-state index in [4.69, 9.17) is 4.42 Å². The minimum Gasteiger partial charge on any atom is -0.467 e. The van der Waals surface area contributed by atoms with Gasteiger partial charge < -0.3 is 4.42 Å². The van der Waals surface area contributed by atoms with E-state index in [2.05, 4.69) is 40.7 Å². The molecule has 2 aromatic heterocycles. The van der Waals surface area contributed by atoms with Crippen molar-refractivity contribution in [1.82, 2.24) is 14.8 Å². The minimum atomic E-state index is -0.233. The van der Waals surface area contributed by atoms with Gasteiger partial charge >= 0.3 is 0 Å². The Bertz CT molecular complexity index is 1060. The second kappa shape index (κ2) is 8.02. The second-order valence-electron chi connectivity index (χ2n) is 6.60. The number of hydrogen-bond donors (Lipinski definition) is 0. The van der Waals surface area contributed by atoms with Crippen LogP contribution in [0.15, 0.2) is 76.5 Å². The Morgan fingerprint density at radius 3 is 2.54 bits per heavy atom. The van der Waals surface area contributed by atoms with Gasteiger partial charge in [0.05, 0.1) is 12.8 Å². The molecule has 2 heterocycles. The molecular formula is C22H20FN3OS. The van der Waals surface area contributed by atoms with Crippen LogP contribution in [0.5, 0.6) is 0 Å².